The molecule has 2 aromatic carbocycles. The van der Waals surface area contributed by atoms with Crippen LogP contribution < -0.4 is 10.3 Å². The van der Waals surface area contributed by atoms with E-state index in [4.69, 9.17) is 28.2 Å². The van der Waals surface area contributed by atoms with Crippen molar-refractivity contribution in [2.24, 2.45) is 10.1 Å². The summed E-state index contributed by atoms with van der Waals surface area (Å²) in [6.45, 7) is 9.25. The zero-order valence-corrected chi connectivity index (χ0v) is 21.6. The number of rotatable bonds is 4. The average Bonchev–Trinajstić information content (AvgIpc) is 2.78. The van der Waals surface area contributed by atoms with Gasteiger partial charge in [-0.2, -0.15) is 5.10 Å². The minimum Gasteiger partial charge on any atom is -0.326 e. The van der Waals surface area contributed by atoms with E-state index in [-0.39, 0.29) is 16.2 Å². The van der Waals surface area contributed by atoms with Crippen molar-refractivity contribution >= 4 is 58.5 Å². The van der Waals surface area contributed by atoms with E-state index in [1.165, 1.54) is 5.56 Å². The lowest BCUT2D eigenvalue weighted by Crippen LogP contribution is -2.42. The third-order valence-electron chi connectivity index (χ3n) is 5.70. The number of anilines is 1. The molecule has 1 N–H and O–H groups in total. The van der Waals surface area contributed by atoms with Gasteiger partial charge in [0.1, 0.15) is 11.2 Å². The molecule has 2 heterocycles. The molecule has 0 amide bonds. The van der Waals surface area contributed by atoms with E-state index in [0.29, 0.717) is 10.0 Å². The molecule has 4 rings (SSSR count). The summed E-state index contributed by atoms with van der Waals surface area (Å²) in [7, 11) is 0. The van der Waals surface area contributed by atoms with Gasteiger partial charge >= 0.3 is 0 Å². The quantitative estimate of drug-likeness (QED) is 0.319. The van der Waals surface area contributed by atoms with E-state index in [1.807, 2.05) is 18.2 Å². The number of carbonyl (C=O) groups excluding carboxylic acids is 1. The number of hydrogen-bond acceptors (Lipinski definition) is 5. The number of halogens is 2. The number of aliphatic imine (C=N–C) groups is 1. The Bertz CT molecular complexity index is 1130. The molecular formula is C25H28Cl2N4OS. The van der Waals surface area contributed by atoms with Crippen molar-refractivity contribution in [2.45, 2.75) is 56.7 Å². The Hall–Kier alpha value is -2.02. The Morgan fingerprint density at radius 3 is 2.70 bits per heavy atom. The van der Waals surface area contributed by atoms with Gasteiger partial charge in [0.15, 0.2) is 6.29 Å². The lowest BCUT2D eigenvalue weighted by molar-refractivity contribution is -0.107. The summed E-state index contributed by atoms with van der Waals surface area (Å²) < 4.78 is -0.274. The number of carbonyl (C=O) groups is 1. The van der Waals surface area contributed by atoms with Crippen molar-refractivity contribution in [2.75, 3.05) is 11.4 Å². The smallest absolute Gasteiger partial charge is 0.154 e. The zero-order chi connectivity index (χ0) is 23.8. The van der Waals surface area contributed by atoms with Crippen LogP contribution in [0, 0.1) is 0 Å². The molecule has 8 heteroatoms. The van der Waals surface area contributed by atoms with Gasteiger partial charge in [-0.15, -0.1) is 11.8 Å². The number of nitrogens with one attached hydrogen (secondary N) is 1. The van der Waals surface area contributed by atoms with E-state index in [2.05, 4.69) is 61.3 Å². The fourth-order valence-electron chi connectivity index (χ4n) is 4.28. The standard InChI is InChI=1S/C25H28Cl2N4OS/c1-15(2)28-24(18-7-9-19(26)20(27)13-18)31-11-5-6-16-12-17(8-10-21(16)31)23-25(3,4)33-22(14-32)29-30-23/h7-10,12-15,22,29H,5-6,11H2,1-4H3. The Morgan fingerprint density at radius 2 is 2.03 bits per heavy atom. The van der Waals surface area contributed by atoms with Crippen LogP contribution >= 0.6 is 35.0 Å². The molecule has 2 aliphatic rings. The number of hydrogen-bond donors (Lipinski definition) is 1. The number of hydrazone groups is 1. The Kier molecular flexibility index (Phi) is 7.08. The number of aryl methyl sites for hydroxylation is 1. The fraction of sp³-hybridized carbons (Fsp3) is 0.400. The van der Waals surface area contributed by atoms with Gasteiger partial charge in [0.05, 0.1) is 20.5 Å². The summed E-state index contributed by atoms with van der Waals surface area (Å²) in [6, 6.07) is 12.3. The van der Waals surface area contributed by atoms with Gasteiger partial charge in [-0.05, 0) is 82.0 Å². The fourth-order valence-corrected chi connectivity index (χ4v) is 5.65. The highest BCUT2D eigenvalue weighted by molar-refractivity contribution is 8.02. The van der Waals surface area contributed by atoms with Gasteiger partial charge < -0.3 is 9.69 Å². The molecule has 0 aliphatic carbocycles. The molecule has 2 aromatic rings. The third kappa shape index (κ3) is 5.08. The molecule has 0 saturated heterocycles. The average molecular weight is 503 g/mol. The molecule has 0 saturated carbocycles. The lowest BCUT2D eigenvalue weighted by Gasteiger charge is -2.35. The molecule has 1 atom stereocenters. The summed E-state index contributed by atoms with van der Waals surface area (Å²) in [5.74, 6) is 0.902. The summed E-state index contributed by atoms with van der Waals surface area (Å²) in [5, 5.41) is 5.30. The summed E-state index contributed by atoms with van der Waals surface area (Å²) in [5.41, 5.74) is 8.35. The van der Waals surface area contributed by atoms with Gasteiger partial charge in [-0.3, -0.25) is 10.4 Å². The van der Waals surface area contributed by atoms with Gasteiger partial charge in [0.2, 0.25) is 0 Å². The van der Waals surface area contributed by atoms with E-state index in [0.717, 1.165) is 54.0 Å². The highest BCUT2D eigenvalue weighted by Gasteiger charge is 2.35. The predicted molar refractivity (Wildman–Crippen MR) is 141 cm³/mol. The minimum atomic E-state index is -0.321. The number of aldehydes is 1. The van der Waals surface area contributed by atoms with Crippen LogP contribution in [0.2, 0.25) is 10.0 Å². The zero-order valence-electron chi connectivity index (χ0n) is 19.2. The van der Waals surface area contributed by atoms with Gasteiger partial charge in [-0.1, -0.05) is 29.3 Å². The minimum absolute atomic E-state index is 0.130. The first-order valence-corrected chi connectivity index (χ1v) is 12.7. The monoisotopic (exact) mass is 502 g/mol. The first kappa shape index (κ1) is 24.1. The van der Waals surface area contributed by atoms with Gasteiger partial charge in [0, 0.05) is 23.8 Å². The van der Waals surface area contributed by atoms with Crippen molar-refractivity contribution in [1.82, 2.24) is 5.43 Å². The molecule has 0 spiro atoms. The second kappa shape index (κ2) is 9.69. The molecule has 2 aliphatic heterocycles. The highest BCUT2D eigenvalue weighted by Crippen LogP contribution is 2.37. The van der Waals surface area contributed by atoms with Crippen molar-refractivity contribution in [3.05, 3.63) is 63.1 Å². The maximum Gasteiger partial charge on any atom is 0.154 e. The molecule has 5 nitrogen and oxygen atoms in total. The molecule has 1 unspecified atom stereocenters. The predicted octanol–water partition coefficient (Wildman–Crippen LogP) is 5.95. The van der Waals surface area contributed by atoms with Crippen LogP contribution in [0.25, 0.3) is 0 Å². The van der Waals surface area contributed by atoms with Crippen LogP contribution in [0.5, 0.6) is 0 Å². The largest absolute Gasteiger partial charge is 0.326 e. The van der Waals surface area contributed by atoms with Gasteiger partial charge in [0.25, 0.3) is 0 Å². The molecule has 0 aromatic heterocycles. The maximum absolute atomic E-state index is 11.2. The lowest BCUT2D eigenvalue weighted by atomic mass is 9.93. The van der Waals surface area contributed by atoms with Crippen LogP contribution in [-0.4, -0.2) is 40.5 Å². The molecule has 33 heavy (non-hydrogen) atoms. The molecular weight excluding hydrogens is 475 g/mol. The van der Waals surface area contributed by atoms with Crippen LogP contribution in [0.15, 0.2) is 46.5 Å². The number of amidine groups is 1. The van der Waals surface area contributed by atoms with Crippen molar-refractivity contribution in [3.8, 4) is 0 Å². The maximum atomic E-state index is 11.2. The Morgan fingerprint density at radius 1 is 1.24 bits per heavy atom. The highest BCUT2D eigenvalue weighted by atomic mass is 35.5. The van der Waals surface area contributed by atoms with Crippen LogP contribution in [0.4, 0.5) is 5.69 Å². The first-order chi connectivity index (χ1) is 15.7. The van der Waals surface area contributed by atoms with E-state index in [9.17, 15) is 4.79 Å². The first-order valence-electron chi connectivity index (χ1n) is 11.1. The van der Waals surface area contributed by atoms with E-state index >= 15 is 0 Å². The van der Waals surface area contributed by atoms with Gasteiger partial charge in [-0.25, -0.2) is 0 Å². The number of thioether (sulfide) groups is 1. The van der Waals surface area contributed by atoms with Crippen molar-refractivity contribution < 1.29 is 4.79 Å². The van der Waals surface area contributed by atoms with Crippen LogP contribution in [0.3, 0.4) is 0 Å². The summed E-state index contributed by atoms with van der Waals surface area (Å²) in [4.78, 5) is 18.5. The van der Waals surface area contributed by atoms with Crippen LogP contribution in [0.1, 0.15) is 50.8 Å². The van der Waals surface area contributed by atoms with Crippen molar-refractivity contribution in [3.63, 3.8) is 0 Å². The number of fused-ring (bicyclic) bond motifs is 1. The third-order valence-corrected chi connectivity index (χ3v) is 7.70. The van der Waals surface area contributed by atoms with Crippen molar-refractivity contribution in [1.29, 1.82) is 0 Å². The molecule has 174 valence electrons. The Balaban J connectivity index is 1.74. The Labute approximate surface area is 209 Å². The number of nitrogens with zero attached hydrogens (tertiary/aromatic N) is 3. The molecule has 0 fully saturated rings. The number of benzene rings is 2. The van der Waals surface area contributed by atoms with E-state index < -0.39 is 0 Å². The molecule has 0 radical (unpaired) electrons. The van der Waals surface area contributed by atoms with Crippen LogP contribution in [-0.2, 0) is 11.2 Å². The molecule has 0 bridgehead atoms. The summed E-state index contributed by atoms with van der Waals surface area (Å²) in [6.07, 6.45) is 2.91. The SMILES string of the molecule is CC(C)N=C(c1ccc(Cl)c(Cl)c1)N1CCCc2cc(C3=NNC(C=O)SC3(C)C)ccc21. The van der Waals surface area contributed by atoms with E-state index in [1.54, 1.807) is 11.8 Å². The summed E-state index contributed by atoms with van der Waals surface area (Å²) >= 11 is 14.1. The second-order valence-corrected chi connectivity index (χ2v) is 11.6. The topological polar surface area (TPSA) is 57.1 Å². The second-order valence-electron chi connectivity index (χ2n) is 9.05. The normalized spacial score (nSPS) is 20.2.